The maximum Gasteiger partial charge on any atom is 0.228 e. The summed E-state index contributed by atoms with van der Waals surface area (Å²) in [5, 5.41) is 8.06. The maximum absolute atomic E-state index is 12.4. The number of hydrogen-bond acceptors (Lipinski definition) is 3. The maximum atomic E-state index is 12.4. The van der Waals surface area contributed by atoms with Crippen molar-refractivity contribution in [1.29, 1.82) is 0 Å². The summed E-state index contributed by atoms with van der Waals surface area (Å²) in [5.74, 6) is 1.20. The van der Waals surface area contributed by atoms with Gasteiger partial charge in [-0.15, -0.1) is 0 Å². The van der Waals surface area contributed by atoms with Gasteiger partial charge in [0, 0.05) is 17.1 Å². The van der Waals surface area contributed by atoms with Crippen molar-refractivity contribution in [2.75, 3.05) is 5.32 Å². The first-order valence-electron chi connectivity index (χ1n) is 8.09. The van der Waals surface area contributed by atoms with Crippen molar-refractivity contribution in [2.45, 2.75) is 31.6 Å². The van der Waals surface area contributed by atoms with Gasteiger partial charge in [-0.25, -0.2) is 9.50 Å². The van der Waals surface area contributed by atoms with Crippen LogP contribution < -0.4 is 5.32 Å². The van der Waals surface area contributed by atoms with E-state index in [9.17, 15) is 4.79 Å². The summed E-state index contributed by atoms with van der Waals surface area (Å²) in [4.78, 5) is 17.0. The van der Waals surface area contributed by atoms with Gasteiger partial charge in [0.05, 0.1) is 12.1 Å². The Morgan fingerprint density at radius 2 is 2.08 bits per heavy atom. The van der Waals surface area contributed by atoms with Crippen LogP contribution in [0.4, 0.5) is 5.69 Å². The van der Waals surface area contributed by atoms with E-state index in [0.717, 1.165) is 24.2 Å². The number of anilines is 1. The third kappa shape index (κ3) is 2.87. The van der Waals surface area contributed by atoms with Gasteiger partial charge in [0.1, 0.15) is 0 Å². The third-order valence-corrected chi connectivity index (χ3v) is 4.80. The zero-order chi connectivity index (χ0) is 16.5. The predicted molar refractivity (Wildman–Crippen MR) is 93.4 cm³/mol. The molecule has 0 radical (unpaired) electrons. The van der Waals surface area contributed by atoms with E-state index in [2.05, 4.69) is 15.4 Å². The van der Waals surface area contributed by atoms with E-state index in [1.54, 1.807) is 10.6 Å². The van der Waals surface area contributed by atoms with Crippen LogP contribution in [0.1, 0.15) is 36.6 Å². The average Bonchev–Trinajstić information content (AvgIpc) is 2.92. The number of nitrogens with one attached hydrogen (secondary N) is 1. The molecular formula is C18H17ClN4O. The Morgan fingerprint density at radius 1 is 1.25 bits per heavy atom. The van der Waals surface area contributed by atoms with Crippen LogP contribution in [0, 0.1) is 0 Å². The fraction of sp³-hybridized carbons (Fsp3) is 0.278. The quantitative estimate of drug-likeness (QED) is 0.785. The molecule has 1 N–H and O–H groups in total. The number of fused-ring (bicyclic) bond motifs is 1. The van der Waals surface area contributed by atoms with Crippen molar-refractivity contribution in [1.82, 2.24) is 14.6 Å². The first-order chi connectivity index (χ1) is 11.7. The Morgan fingerprint density at radius 3 is 2.83 bits per heavy atom. The van der Waals surface area contributed by atoms with Crippen molar-refractivity contribution >= 4 is 28.8 Å². The number of nitrogens with zero attached hydrogens (tertiary/aromatic N) is 3. The number of hydrogen-bond donors (Lipinski definition) is 1. The van der Waals surface area contributed by atoms with Crippen molar-refractivity contribution in [2.24, 2.45) is 0 Å². The zero-order valence-corrected chi connectivity index (χ0v) is 13.8. The zero-order valence-electron chi connectivity index (χ0n) is 13.1. The van der Waals surface area contributed by atoms with Crippen LogP contribution >= 0.6 is 11.6 Å². The van der Waals surface area contributed by atoms with Gasteiger partial charge in [0.15, 0.2) is 11.5 Å². The SMILES string of the molecule is O=C(Cc1ccccc1Cl)Nc1cccn2nc(C3CCC3)nc12. The number of carbonyl (C=O) groups is 1. The molecule has 24 heavy (non-hydrogen) atoms. The molecule has 2 aromatic heterocycles. The van der Waals surface area contributed by atoms with Gasteiger partial charge in [-0.3, -0.25) is 4.79 Å². The fourth-order valence-corrected chi connectivity index (χ4v) is 3.07. The topological polar surface area (TPSA) is 59.3 Å². The van der Waals surface area contributed by atoms with Crippen LogP contribution in [0.2, 0.25) is 5.02 Å². The molecule has 4 rings (SSSR count). The lowest BCUT2D eigenvalue weighted by Crippen LogP contribution is -2.15. The lowest BCUT2D eigenvalue weighted by Gasteiger charge is -2.21. The van der Waals surface area contributed by atoms with E-state index in [1.807, 2.05) is 36.5 Å². The molecule has 122 valence electrons. The van der Waals surface area contributed by atoms with E-state index in [1.165, 1.54) is 6.42 Å². The average molecular weight is 341 g/mol. The van der Waals surface area contributed by atoms with Gasteiger partial charge in [-0.05, 0) is 36.6 Å². The molecule has 0 aliphatic heterocycles. The Hall–Kier alpha value is -2.40. The van der Waals surface area contributed by atoms with Gasteiger partial charge in [-0.1, -0.05) is 36.2 Å². The molecule has 3 aromatic rings. The van der Waals surface area contributed by atoms with Gasteiger partial charge in [-0.2, -0.15) is 5.10 Å². The Labute approximate surface area is 144 Å². The molecule has 6 heteroatoms. The molecule has 1 aliphatic rings. The highest BCUT2D eigenvalue weighted by molar-refractivity contribution is 6.31. The summed E-state index contributed by atoms with van der Waals surface area (Å²) in [6, 6.07) is 11.1. The number of pyridine rings is 1. The summed E-state index contributed by atoms with van der Waals surface area (Å²) in [5.41, 5.74) is 2.17. The Bertz CT molecular complexity index is 901. The number of halogens is 1. The normalized spacial score (nSPS) is 14.5. The minimum Gasteiger partial charge on any atom is -0.323 e. The molecule has 0 spiro atoms. The number of rotatable bonds is 4. The Balaban J connectivity index is 1.56. The minimum absolute atomic E-state index is 0.121. The van der Waals surface area contributed by atoms with Crippen LogP contribution in [0.3, 0.4) is 0 Å². The van der Waals surface area contributed by atoms with Crippen LogP contribution in [0.25, 0.3) is 5.65 Å². The monoisotopic (exact) mass is 340 g/mol. The van der Waals surface area contributed by atoms with E-state index in [4.69, 9.17) is 11.6 Å². The molecular weight excluding hydrogens is 324 g/mol. The highest BCUT2D eigenvalue weighted by Gasteiger charge is 2.24. The van der Waals surface area contributed by atoms with E-state index in [-0.39, 0.29) is 12.3 Å². The second-order valence-electron chi connectivity index (χ2n) is 6.10. The van der Waals surface area contributed by atoms with Gasteiger partial charge in [0.2, 0.25) is 5.91 Å². The summed E-state index contributed by atoms with van der Waals surface area (Å²) in [6.07, 6.45) is 5.61. The van der Waals surface area contributed by atoms with Gasteiger partial charge < -0.3 is 5.32 Å². The van der Waals surface area contributed by atoms with E-state index in [0.29, 0.717) is 22.3 Å². The molecule has 1 aliphatic carbocycles. The third-order valence-electron chi connectivity index (χ3n) is 4.43. The Kier molecular flexibility index (Phi) is 3.94. The number of aromatic nitrogens is 3. The van der Waals surface area contributed by atoms with Crippen molar-refractivity contribution < 1.29 is 4.79 Å². The molecule has 1 amide bonds. The van der Waals surface area contributed by atoms with Crippen LogP contribution in [0.15, 0.2) is 42.6 Å². The number of carbonyl (C=O) groups excluding carboxylic acids is 1. The molecule has 5 nitrogen and oxygen atoms in total. The summed E-state index contributed by atoms with van der Waals surface area (Å²) in [7, 11) is 0. The van der Waals surface area contributed by atoms with E-state index >= 15 is 0 Å². The predicted octanol–water partition coefficient (Wildman–Crippen LogP) is 3.83. The van der Waals surface area contributed by atoms with Crippen molar-refractivity contribution in [3.8, 4) is 0 Å². The number of amides is 1. The molecule has 1 aromatic carbocycles. The van der Waals surface area contributed by atoms with E-state index < -0.39 is 0 Å². The molecule has 1 fully saturated rings. The molecule has 1 saturated carbocycles. The van der Waals surface area contributed by atoms with Crippen molar-refractivity contribution in [3.05, 3.63) is 59.0 Å². The lowest BCUT2D eigenvalue weighted by atomic mass is 9.85. The van der Waals surface area contributed by atoms with Gasteiger partial charge in [0.25, 0.3) is 0 Å². The highest BCUT2D eigenvalue weighted by atomic mass is 35.5. The largest absolute Gasteiger partial charge is 0.323 e. The fourth-order valence-electron chi connectivity index (χ4n) is 2.87. The second kappa shape index (κ2) is 6.24. The smallest absolute Gasteiger partial charge is 0.228 e. The summed E-state index contributed by atoms with van der Waals surface area (Å²) in [6.45, 7) is 0. The lowest BCUT2D eigenvalue weighted by molar-refractivity contribution is -0.115. The van der Waals surface area contributed by atoms with Crippen LogP contribution in [-0.2, 0) is 11.2 Å². The first kappa shape index (κ1) is 15.1. The highest BCUT2D eigenvalue weighted by Crippen LogP contribution is 2.35. The molecule has 0 saturated heterocycles. The standard InChI is InChI=1S/C18H17ClN4O/c19-14-8-2-1-5-13(14)11-16(24)20-15-9-4-10-23-18(15)21-17(22-23)12-6-3-7-12/h1-2,4-5,8-10,12H,3,6-7,11H2,(H,20,24). The van der Waals surface area contributed by atoms with Crippen molar-refractivity contribution in [3.63, 3.8) is 0 Å². The number of benzene rings is 1. The molecule has 0 atom stereocenters. The van der Waals surface area contributed by atoms with Crippen LogP contribution in [-0.4, -0.2) is 20.5 Å². The molecule has 0 unspecified atom stereocenters. The minimum atomic E-state index is -0.121. The second-order valence-corrected chi connectivity index (χ2v) is 6.51. The summed E-state index contributed by atoms with van der Waals surface area (Å²) < 4.78 is 1.73. The summed E-state index contributed by atoms with van der Waals surface area (Å²) >= 11 is 6.12. The molecule has 0 bridgehead atoms. The van der Waals surface area contributed by atoms with Gasteiger partial charge >= 0.3 is 0 Å². The van der Waals surface area contributed by atoms with Crippen LogP contribution in [0.5, 0.6) is 0 Å². The first-order valence-corrected chi connectivity index (χ1v) is 8.47. The molecule has 2 heterocycles.